The molecule has 0 fully saturated rings. The Labute approximate surface area is 165 Å². The highest BCUT2D eigenvalue weighted by molar-refractivity contribution is 7.80. The highest BCUT2D eigenvalue weighted by atomic mass is 32.1. The molecule has 0 heterocycles. The van der Waals surface area contributed by atoms with Crippen LogP contribution in [0, 0.1) is 0 Å². The van der Waals surface area contributed by atoms with E-state index in [9.17, 15) is 0 Å². The van der Waals surface area contributed by atoms with Crippen molar-refractivity contribution in [3.8, 4) is 16.9 Å². The molecule has 0 unspecified atom stereocenters. The van der Waals surface area contributed by atoms with Crippen molar-refractivity contribution in [3.63, 3.8) is 0 Å². The number of rotatable bonds is 8. The van der Waals surface area contributed by atoms with Crippen molar-refractivity contribution in [2.24, 2.45) is 5.73 Å². The Bertz CT molecular complexity index is 889. The number of benzene rings is 3. The maximum absolute atomic E-state index is 5.83. The molecule has 3 nitrogen and oxygen atoms in total. The van der Waals surface area contributed by atoms with Gasteiger partial charge in [0.1, 0.15) is 10.7 Å². The third-order valence-corrected chi connectivity index (χ3v) is 4.64. The van der Waals surface area contributed by atoms with Gasteiger partial charge in [-0.1, -0.05) is 72.9 Å². The summed E-state index contributed by atoms with van der Waals surface area (Å²) in [6, 6.07) is 24.4. The van der Waals surface area contributed by atoms with Crippen LogP contribution in [0.5, 0.6) is 5.75 Å². The van der Waals surface area contributed by atoms with Gasteiger partial charge in [0.15, 0.2) is 0 Å². The highest BCUT2D eigenvalue weighted by Crippen LogP contribution is 2.24. The molecule has 138 valence electrons. The summed E-state index contributed by atoms with van der Waals surface area (Å²) < 4.78 is 10.9. The highest BCUT2D eigenvalue weighted by Gasteiger charge is 2.06. The molecule has 0 saturated carbocycles. The van der Waals surface area contributed by atoms with E-state index in [2.05, 4.69) is 24.3 Å². The summed E-state index contributed by atoms with van der Waals surface area (Å²) >= 11 is 5.15. The van der Waals surface area contributed by atoms with Crippen molar-refractivity contribution in [1.29, 1.82) is 0 Å². The first kappa shape index (κ1) is 19.1. The van der Waals surface area contributed by atoms with Gasteiger partial charge >= 0.3 is 0 Å². The van der Waals surface area contributed by atoms with Crippen LogP contribution in [0.15, 0.2) is 72.8 Å². The van der Waals surface area contributed by atoms with Crippen molar-refractivity contribution < 1.29 is 9.47 Å². The molecule has 0 amide bonds. The predicted molar refractivity (Wildman–Crippen MR) is 114 cm³/mol. The van der Waals surface area contributed by atoms with Crippen molar-refractivity contribution >= 4 is 17.2 Å². The van der Waals surface area contributed by atoms with Crippen LogP contribution in [0.25, 0.3) is 11.1 Å². The van der Waals surface area contributed by atoms with E-state index < -0.39 is 0 Å². The number of hydrogen-bond acceptors (Lipinski definition) is 3. The lowest BCUT2D eigenvalue weighted by Gasteiger charge is -2.10. The van der Waals surface area contributed by atoms with E-state index in [0.29, 0.717) is 18.2 Å². The fourth-order valence-corrected chi connectivity index (χ4v) is 3.08. The van der Waals surface area contributed by atoms with Gasteiger partial charge in [-0.05, 0) is 40.8 Å². The molecule has 3 aromatic rings. The number of ether oxygens (including phenoxy) is 2. The Morgan fingerprint density at radius 1 is 0.889 bits per heavy atom. The van der Waals surface area contributed by atoms with Crippen LogP contribution in [0.3, 0.4) is 0 Å². The lowest BCUT2D eigenvalue weighted by Crippen LogP contribution is -2.10. The van der Waals surface area contributed by atoms with Crippen molar-refractivity contribution in [3.05, 3.63) is 89.5 Å². The molecule has 0 aromatic heterocycles. The summed E-state index contributed by atoms with van der Waals surface area (Å²) in [5, 5.41) is 0. The van der Waals surface area contributed by atoms with Gasteiger partial charge < -0.3 is 15.2 Å². The molecule has 4 heteroatoms. The topological polar surface area (TPSA) is 44.5 Å². The van der Waals surface area contributed by atoms with E-state index in [4.69, 9.17) is 27.4 Å². The summed E-state index contributed by atoms with van der Waals surface area (Å²) in [5.41, 5.74) is 11.3. The molecule has 0 bridgehead atoms. The Hall–Kier alpha value is -2.69. The molecule has 0 aliphatic heterocycles. The van der Waals surface area contributed by atoms with E-state index in [1.165, 1.54) is 5.56 Å². The lowest BCUT2D eigenvalue weighted by molar-refractivity contribution is 0.124. The van der Waals surface area contributed by atoms with Crippen LogP contribution >= 0.6 is 12.2 Å². The molecule has 0 aliphatic carbocycles. The first-order valence-electron chi connectivity index (χ1n) is 8.86. The van der Waals surface area contributed by atoms with Crippen molar-refractivity contribution in [2.75, 3.05) is 13.7 Å². The van der Waals surface area contributed by atoms with Crippen molar-refractivity contribution in [2.45, 2.75) is 13.0 Å². The molecule has 0 radical (unpaired) electrons. The zero-order chi connectivity index (χ0) is 19.1. The van der Waals surface area contributed by atoms with Crippen LogP contribution in [0.2, 0.25) is 0 Å². The van der Waals surface area contributed by atoms with Gasteiger partial charge in [0.05, 0.1) is 20.3 Å². The Kier molecular flexibility index (Phi) is 6.58. The monoisotopic (exact) mass is 377 g/mol. The summed E-state index contributed by atoms with van der Waals surface area (Å²) in [4.78, 5) is 0.418. The molecule has 3 rings (SSSR count). The van der Waals surface area contributed by atoms with Gasteiger partial charge in [0.2, 0.25) is 0 Å². The number of hydrogen-bond donors (Lipinski definition) is 1. The molecule has 3 aromatic carbocycles. The molecular formula is C23H23NO2S. The molecule has 0 atom stereocenters. The Morgan fingerprint density at radius 2 is 1.56 bits per heavy atom. The van der Waals surface area contributed by atoms with Crippen LogP contribution in [0.4, 0.5) is 0 Å². The maximum Gasteiger partial charge on any atom is 0.118 e. The molecular weight excluding hydrogens is 354 g/mol. The third-order valence-electron chi connectivity index (χ3n) is 4.42. The second kappa shape index (κ2) is 9.31. The predicted octanol–water partition coefficient (Wildman–Crippen LogP) is 4.76. The smallest absolute Gasteiger partial charge is 0.118 e. The van der Waals surface area contributed by atoms with Gasteiger partial charge in [-0.2, -0.15) is 0 Å². The van der Waals surface area contributed by atoms with Gasteiger partial charge in [0.25, 0.3) is 0 Å². The van der Waals surface area contributed by atoms with E-state index in [-0.39, 0.29) is 0 Å². The lowest BCUT2D eigenvalue weighted by atomic mass is 9.98. The molecule has 0 spiro atoms. The second-order valence-electron chi connectivity index (χ2n) is 6.26. The average molecular weight is 378 g/mol. The van der Waals surface area contributed by atoms with Gasteiger partial charge in [0, 0.05) is 5.56 Å². The third kappa shape index (κ3) is 5.16. The first-order chi connectivity index (χ1) is 13.2. The maximum atomic E-state index is 5.83. The van der Waals surface area contributed by atoms with Gasteiger partial charge in [-0.15, -0.1) is 0 Å². The van der Waals surface area contributed by atoms with Crippen LogP contribution < -0.4 is 10.5 Å². The normalized spacial score (nSPS) is 10.6. The fourth-order valence-electron chi connectivity index (χ4n) is 2.90. The minimum absolute atomic E-state index is 0.418. The number of methoxy groups -OCH3 is 1. The quantitative estimate of drug-likeness (QED) is 0.454. The number of nitrogens with two attached hydrogens (primary N) is 1. The summed E-state index contributed by atoms with van der Waals surface area (Å²) in [6.07, 6.45) is 0.868. The summed E-state index contributed by atoms with van der Waals surface area (Å²) in [6.45, 7) is 1.28. The summed E-state index contributed by atoms with van der Waals surface area (Å²) in [7, 11) is 1.67. The molecule has 0 aliphatic rings. The largest absolute Gasteiger partial charge is 0.497 e. The first-order valence-corrected chi connectivity index (χ1v) is 9.27. The fraction of sp³-hybridized carbons (Fsp3) is 0.174. The SMILES string of the molecule is COc1ccc(COCCc2ccc(-c3ccccc3C(N)=S)cc2)cc1. The second-order valence-corrected chi connectivity index (χ2v) is 6.70. The zero-order valence-electron chi connectivity index (χ0n) is 15.4. The average Bonchev–Trinajstić information content (AvgIpc) is 2.72. The van der Waals surface area contributed by atoms with E-state index >= 15 is 0 Å². The zero-order valence-corrected chi connectivity index (χ0v) is 16.2. The molecule has 2 N–H and O–H groups in total. The Morgan fingerprint density at radius 3 is 2.22 bits per heavy atom. The van der Waals surface area contributed by atoms with Crippen LogP contribution in [-0.4, -0.2) is 18.7 Å². The van der Waals surface area contributed by atoms with Crippen LogP contribution in [-0.2, 0) is 17.8 Å². The molecule has 0 saturated heterocycles. The van der Waals surface area contributed by atoms with Crippen LogP contribution in [0.1, 0.15) is 16.7 Å². The Balaban J connectivity index is 1.54. The minimum atomic E-state index is 0.418. The molecule has 27 heavy (non-hydrogen) atoms. The van der Waals surface area contributed by atoms with E-state index in [1.54, 1.807) is 7.11 Å². The van der Waals surface area contributed by atoms with Gasteiger partial charge in [-0.25, -0.2) is 0 Å². The standard InChI is InChI=1S/C23H23NO2S/c1-25-20-12-8-18(9-13-20)16-26-15-14-17-6-10-19(11-7-17)21-4-2-3-5-22(21)23(24)27/h2-13H,14-16H2,1H3,(H2,24,27). The summed E-state index contributed by atoms with van der Waals surface area (Å²) in [5.74, 6) is 0.857. The van der Waals surface area contributed by atoms with E-state index in [0.717, 1.165) is 34.4 Å². The van der Waals surface area contributed by atoms with Gasteiger partial charge in [-0.3, -0.25) is 0 Å². The van der Waals surface area contributed by atoms with Crippen molar-refractivity contribution in [1.82, 2.24) is 0 Å². The number of thiocarbonyl (C=S) groups is 1. The van der Waals surface area contributed by atoms with E-state index in [1.807, 2.05) is 48.5 Å². The minimum Gasteiger partial charge on any atom is -0.497 e.